The first-order valence-electron chi connectivity index (χ1n) is 7.56. The summed E-state index contributed by atoms with van der Waals surface area (Å²) in [7, 11) is -2.25. The van der Waals surface area contributed by atoms with Gasteiger partial charge in [0.2, 0.25) is 10.0 Å². The van der Waals surface area contributed by atoms with Crippen LogP contribution < -0.4 is 14.8 Å². The number of rotatable bonds is 5. The Morgan fingerprint density at radius 3 is 2.75 bits per heavy atom. The first-order valence-corrected chi connectivity index (χ1v) is 9.04. The zero-order chi connectivity index (χ0) is 17.2. The van der Waals surface area contributed by atoms with Gasteiger partial charge in [0.1, 0.15) is 11.9 Å². The van der Waals surface area contributed by atoms with Gasteiger partial charge in [-0.05, 0) is 36.9 Å². The van der Waals surface area contributed by atoms with Gasteiger partial charge in [-0.3, -0.25) is 4.79 Å². The van der Waals surface area contributed by atoms with E-state index in [9.17, 15) is 13.2 Å². The van der Waals surface area contributed by atoms with Gasteiger partial charge in [0.15, 0.2) is 0 Å². The van der Waals surface area contributed by atoms with E-state index < -0.39 is 10.0 Å². The summed E-state index contributed by atoms with van der Waals surface area (Å²) in [6.07, 6.45) is 0.625. The molecule has 0 saturated carbocycles. The van der Waals surface area contributed by atoms with E-state index in [-0.39, 0.29) is 16.9 Å². The van der Waals surface area contributed by atoms with Crippen molar-refractivity contribution in [3.8, 4) is 5.75 Å². The van der Waals surface area contributed by atoms with Crippen LogP contribution in [0.1, 0.15) is 15.9 Å². The van der Waals surface area contributed by atoms with Gasteiger partial charge in [-0.15, -0.1) is 0 Å². The molecule has 2 N–H and O–H groups in total. The normalized spacial score (nSPS) is 16.3. The zero-order valence-electron chi connectivity index (χ0n) is 13.2. The van der Waals surface area contributed by atoms with Crippen LogP contribution in [0.15, 0.2) is 53.4 Å². The minimum atomic E-state index is -3.58. The average molecular weight is 346 g/mol. The fourth-order valence-corrected chi connectivity index (χ4v) is 3.37. The van der Waals surface area contributed by atoms with Crippen molar-refractivity contribution in [2.24, 2.45) is 0 Å². The maximum absolute atomic E-state index is 12.3. The molecule has 1 atom stereocenters. The number of benzene rings is 2. The van der Waals surface area contributed by atoms with Gasteiger partial charge in [-0.1, -0.05) is 24.3 Å². The molecule has 7 heteroatoms. The Balaban J connectivity index is 1.63. The van der Waals surface area contributed by atoms with Crippen LogP contribution >= 0.6 is 0 Å². The number of sulfonamides is 1. The zero-order valence-corrected chi connectivity index (χ0v) is 14.0. The molecule has 0 aromatic heterocycles. The molecule has 2 aromatic rings. The molecule has 3 rings (SSSR count). The van der Waals surface area contributed by atoms with E-state index >= 15 is 0 Å². The lowest BCUT2D eigenvalue weighted by Crippen LogP contribution is -2.34. The quantitative estimate of drug-likeness (QED) is 0.855. The van der Waals surface area contributed by atoms with Crippen LogP contribution in [0.3, 0.4) is 0 Å². The third kappa shape index (κ3) is 3.42. The average Bonchev–Trinajstić information content (AvgIpc) is 3.02. The van der Waals surface area contributed by atoms with Crippen molar-refractivity contribution in [1.82, 2.24) is 10.0 Å². The lowest BCUT2D eigenvalue weighted by atomic mass is 10.1. The molecule has 0 spiro atoms. The van der Waals surface area contributed by atoms with Crippen LogP contribution in [0.5, 0.6) is 5.75 Å². The number of nitrogens with one attached hydrogen (secondary N) is 2. The van der Waals surface area contributed by atoms with E-state index in [1.165, 1.54) is 19.2 Å². The van der Waals surface area contributed by atoms with E-state index in [2.05, 4.69) is 10.0 Å². The molecule has 1 amide bonds. The number of hydrogen-bond acceptors (Lipinski definition) is 4. The lowest BCUT2D eigenvalue weighted by molar-refractivity contribution is 0.0933. The van der Waals surface area contributed by atoms with Gasteiger partial charge in [0.05, 0.1) is 11.4 Å². The standard InChI is InChI=1S/C17H18N2O4S/c1-18-24(21,22)15-7-4-6-13(10-15)17(20)19-11-14-9-12-5-2-3-8-16(12)23-14/h2-8,10,14,18H,9,11H2,1H3,(H,19,20). The Morgan fingerprint density at radius 2 is 2.00 bits per heavy atom. The number of para-hydroxylation sites is 1. The molecule has 0 radical (unpaired) electrons. The van der Waals surface area contributed by atoms with Gasteiger partial charge in [0.25, 0.3) is 5.91 Å². The second-order valence-corrected chi connectivity index (χ2v) is 7.38. The highest BCUT2D eigenvalue weighted by molar-refractivity contribution is 7.89. The summed E-state index contributed by atoms with van der Waals surface area (Å²) in [6.45, 7) is 0.358. The van der Waals surface area contributed by atoms with Crippen molar-refractivity contribution in [2.75, 3.05) is 13.6 Å². The molecule has 0 bridgehead atoms. The lowest BCUT2D eigenvalue weighted by Gasteiger charge is -2.12. The second-order valence-electron chi connectivity index (χ2n) is 5.50. The number of fused-ring (bicyclic) bond motifs is 1. The predicted molar refractivity (Wildman–Crippen MR) is 89.6 cm³/mol. The minimum Gasteiger partial charge on any atom is -0.488 e. The van der Waals surface area contributed by atoms with Crippen molar-refractivity contribution >= 4 is 15.9 Å². The number of amides is 1. The minimum absolute atomic E-state index is 0.0576. The summed E-state index contributed by atoms with van der Waals surface area (Å²) in [5, 5.41) is 2.79. The maximum atomic E-state index is 12.3. The molecule has 2 aromatic carbocycles. The summed E-state index contributed by atoms with van der Waals surface area (Å²) < 4.78 is 31.6. The molecule has 0 aliphatic carbocycles. The Morgan fingerprint density at radius 1 is 1.21 bits per heavy atom. The molecule has 1 aliphatic heterocycles. The van der Waals surface area contributed by atoms with Gasteiger partial charge in [0, 0.05) is 12.0 Å². The Labute approximate surface area is 140 Å². The monoisotopic (exact) mass is 346 g/mol. The number of carbonyl (C=O) groups excluding carboxylic acids is 1. The first-order chi connectivity index (χ1) is 11.5. The number of ether oxygens (including phenoxy) is 1. The van der Waals surface area contributed by atoms with Gasteiger partial charge in [-0.25, -0.2) is 13.1 Å². The van der Waals surface area contributed by atoms with E-state index in [4.69, 9.17) is 4.74 Å². The van der Waals surface area contributed by atoms with E-state index in [0.29, 0.717) is 12.1 Å². The first kappa shape index (κ1) is 16.5. The van der Waals surface area contributed by atoms with Crippen molar-refractivity contribution in [2.45, 2.75) is 17.4 Å². The van der Waals surface area contributed by atoms with Crippen molar-refractivity contribution in [3.63, 3.8) is 0 Å². The molecule has 1 aliphatic rings. The molecule has 1 heterocycles. The van der Waals surface area contributed by atoms with Crippen LogP contribution in [0.25, 0.3) is 0 Å². The highest BCUT2D eigenvalue weighted by Gasteiger charge is 2.23. The van der Waals surface area contributed by atoms with Crippen LogP contribution in [0, 0.1) is 0 Å². The van der Waals surface area contributed by atoms with Gasteiger partial charge >= 0.3 is 0 Å². The van der Waals surface area contributed by atoms with Crippen LogP contribution in [0.2, 0.25) is 0 Å². The van der Waals surface area contributed by atoms with Crippen LogP contribution in [-0.2, 0) is 16.4 Å². The van der Waals surface area contributed by atoms with E-state index in [1.807, 2.05) is 24.3 Å². The number of hydrogen-bond donors (Lipinski definition) is 2. The topological polar surface area (TPSA) is 84.5 Å². The summed E-state index contributed by atoms with van der Waals surface area (Å²) in [6, 6.07) is 13.7. The summed E-state index contributed by atoms with van der Waals surface area (Å²) in [5.41, 5.74) is 1.42. The van der Waals surface area contributed by atoms with Crippen LogP contribution in [-0.4, -0.2) is 34.0 Å². The molecule has 126 valence electrons. The van der Waals surface area contributed by atoms with E-state index in [0.717, 1.165) is 17.7 Å². The molecule has 1 unspecified atom stereocenters. The highest BCUT2D eigenvalue weighted by Crippen LogP contribution is 2.27. The summed E-state index contributed by atoms with van der Waals surface area (Å²) in [4.78, 5) is 12.3. The largest absolute Gasteiger partial charge is 0.488 e. The van der Waals surface area contributed by atoms with Crippen LogP contribution in [0.4, 0.5) is 0 Å². The molecular formula is C17H18N2O4S. The fraction of sp³-hybridized carbons (Fsp3) is 0.235. The fourth-order valence-electron chi connectivity index (χ4n) is 2.60. The molecule has 0 saturated heterocycles. The predicted octanol–water partition coefficient (Wildman–Crippen LogP) is 1.33. The van der Waals surface area contributed by atoms with Crippen molar-refractivity contribution < 1.29 is 17.9 Å². The van der Waals surface area contributed by atoms with Crippen molar-refractivity contribution in [1.29, 1.82) is 0 Å². The highest BCUT2D eigenvalue weighted by atomic mass is 32.2. The molecule has 0 fully saturated rings. The summed E-state index contributed by atoms with van der Waals surface area (Å²) in [5.74, 6) is 0.515. The third-order valence-electron chi connectivity index (χ3n) is 3.88. The number of carbonyl (C=O) groups is 1. The third-order valence-corrected chi connectivity index (χ3v) is 5.29. The molecule has 6 nitrogen and oxygen atoms in total. The Hall–Kier alpha value is -2.38. The van der Waals surface area contributed by atoms with Crippen molar-refractivity contribution in [3.05, 3.63) is 59.7 Å². The molecule has 24 heavy (non-hydrogen) atoms. The SMILES string of the molecule is CNS(=O)(=O)c1cccc(C(=O)NCC2Cc3ccccc3O2)c1. The van der Waals surface area contributed by atoms with E-state index in [1.54, 1.807) is 12.1 Å². The summed E-state index contributed by atoms with van der Waals surface area (Å²) >= 11 is 0. The molecular weight excluding hydrogens is 328 g/mol. The Kier molecular flexibility index (Phi) is 4.55. The maximum Gasteiger partial charge on any atom is 0.251 e. The smallest absolute Gasteiger partial charge is 0.251 e. The van der Waals surface area contributed by atoms with Gasteiger partial charge < -0.3 is 10.1 Å². The van der Waals surface area contributed by atoms with Gasteiger partial charge in [-0.2, -0.15) is 0 Å². The second kappa shape index (κ2) is 6.62. The Bertz CT molecular complexity index is 839.